The Hall–Kier alpha value is -2.47. The minimum atomic E-state index is -0.350. The van der Waals surface area contributed by atoms with Crippen LogP contribution in [0.3, 0.4) is 0 Å². The van der Waals surface area contributed by atoms with E-state index in [4.69, 9.17) is 17.0 Å². The van der Waals surface area contributed by atoms with Crippen LogP contribution in [-0.4, -0.2) is 17.9 Å². The SMILES string of the molecule is CCOc1ccc(F)cc1NC(=S)Nc1cccc2c1CCC(CC)C=N2. The summed E-state index contributed by atoms with van der Waals surface area (Å²) in [5.74, 6) is 0.707. The van der Waals surface area contributed by atoms with Crippen LogP contribution in [0.25, 0.3) is 0 Å². The Labute approximate surface area is 164 Å². The Morgan fingerprint density at radius 1 is 1.22 bits per heavy atom. The number of ether oxygens (including phenoxy) is 1. The largest absolute Gasteiger partial charge is 0.492 e. The number of thiocarbonyl (C=S) groups is 1. The lowest BCUT2D eigenvalue weighted by molar-refractivity contribution is 0.341. The van der Waals surface area contributed by atoms with Gasteiger partial charge >= 0.3 is 0 Å². The first-order chi connectivity index (χ1) is 13.1. The Morgan fingerprint density at radius 2 is 2.04 bits per heavy atom. The van der Waals surface area contributed by atoms with Crippen molar-refractivity contribution in [3.05, 3.63) is 47.8 Å². The Morgan fingerprint density at radius 3 is 2.81 bits per heavy atom. The summed E-state index contributed by atoms with van der Waals surface area (Å²) in [6.45, 7) is 4.55. The van der Waals surface area contributed by atoms with Crippen molar-refractivity contribution in [1.29, 1.82) is 0 Å². The summed E-state index contributed by atoms with van der Waals surface area (Å²) >= 11 is 5.45. The van der Waals surface area contributed by atoms with E-state index in [1.807, 2.05) is 31.3 Å². The lowest BCUT2D eigenvalue weighted by Crippen LogP contribution is -2.20. The fourth-order valence-electron chi connectivity index (χ4n) is 3.13. The van der Waals surface area contributed by atoms with E-state index in [-0.39, 0.29) is 5.82 Å². The number of benzene rings is 2. The number of hydrogen-bond acceptors (Lipinski definition) is 3. The highest BCUT2D eigenvalue weighted by Crippen LogP contribution is 2.32. The second kappa shape index (κ2) is 8.95. The summed E-state index contributed by atoms with van der Waals surface area (Å²) in [5, 5.41) is 6.66. The molecule has 6 heteroatoms. The van der Waals surface area contributed by atoms with Gasteiger partial charge in [-0.1, -0.05) is 13.0 Å². The van der Waals surface area contributed by atoms with Crippen LogP contribution in [0.4, 0.5) is 21.5 Å². The van der Waals surface area contributed by atoms with Crippen molar-refractivity contribution in [2.75, 3.05) is 17.2 Å². The topological polar surface area (TPSA) is 45.6 Å². The van der Waals surface area contributed by atoms with Gasteiger partial charge in [0.05, 0.1) is 18.0 Å². The zero-order valence-electron chi connectivity index (χ0n) is 15.6. The van der Waals surface area contributed by atoms with Crippen molar-refractivity contribution < 1.29 is 9.13 Å². The first kappa shape index (κ1) is 19.3. The van der Waals surface area contributed by atoms with Crippen molar-refractivity contribution >= 4 is 40.6 Å². The van der Waals surface area contributed by atoms with Crippen LogP contribution in [-0.2, 0) is 6.42 Å². The van der Waals surface area contributed by atoms with Gasteiger partial charge in [-0.05, 0) is 68.6 Å². The van der Waals surface area contributed by atoms with Gasteiger partial charge in [0.1, 0.15) is 11.6 Å². The van der Waals surface area contributed by atoms with E-state index < -0.39 is 0 Å². The van der Waals surface area contributed by atoms with Crippen LogP contribution in [0.5, 0.6) is 5.75 Å². The Kier molecular flexibility index (Phi) is 6.40. The van der Waals surface area contributed by atoms with E-state index in [2.05, 4.69) is 22.5 Å². The van der Waals surface area contributed by atoms with Gasteiger partial charge in [-0.15, -0.1) is 0 Å². The molecule has 1 aliphatic rings. The van der Waals surface area contributed by atoms with E-state index in [1.54, 1.807) is 6.07 Å². The minimum absolute atomic E-state index is 0.350. The predicted molar refractivity (Wildman–Crippen MR) is 114 cm³/mol. The molecule has 2 aromatic carbocycles. The molecule has 27 heavy (non-hydrogen) atoms. The van der Waals surface area contributed by atoms with Crippen molar-refractivity contribution in [3.8, 4) is 5.75 Å². The molecule has 0 bridgehead atoms. The summed E-state index contributed by atoms with van der Waals surface area (Å²) in [7, 11) is 0. The summed E-state index contributed by atoms with van der Waals surface area (Å²) in [5.41, 5.74) is 3.55. The minimum Gasteiger partial charge on any atom is -0.492 e. The summed E-state index contributed by atoms with van der Waals surface area (Å²) in [6, 6.07) is 10.3. The number of fused-ring (bicyclic) bond motifs is 1. The quantitative estimate of drug-likeness (QED) is 0.647. The first-order valence-electron chi connectivity index (χ1n) is 9.27. The Balaban J connectivity index is 1.77. The molecule has 0 aliphatic carbocycles. The third-order valence-corrected chi connectivity index (χ3v) is 4.81. The molecule has 1 heterocycles. The maximum Gasteiger partial charge on any atom is 0.175 e. The number of halogens is 1. The van der Waals surface area contributed by atoms with Gasteiger partial charge in [0.2, 0.25) is 0 Å². The van der Waals surface area contributed by atoms with E-state index in [9.17, 15) is 4.39 Å². The molecule has 2 aromatic rings. The molecular weight excluding hydrogens is 361 g/mol. The second-order valence-corrected chi connectivity index (χ2v) is 6.85. The van der Waals surface area contributed by atoms with Crippen LogP contribution in [0.15, 0.2) is 41.4 Å². The molecule has 0 fully saturated rings. The molecule has 0 amide bonds. The van der Waals surface area contributed by atoms with Gasteiger partial charge in [0, 0.05) is 23.5 Å². The maximum atomic E-state index is 13.6. The average Bonchev–Trinajstić information content (AvgIpc) is 2.87. The zero-order valence-corrected chi connectivity index (χ0v) is 16.4. The number of anilines is 2. The van der Waals surface area contributed by atoms with Gasteiger partial charge < -0.3 is 15.4 Å². The molecule has 0 radical (unpaired) electrons. The van der Waals surface area contributed by atoms with Crippen molar-refractivity contribution in [2.24, 2.45) is 10.9 Å². The van der Waals surface area contributed by atoms with Crippen molar-refractivity contribution in [1.82, 2.24) is 0 Å². The molecular formula is C21H24FN3OS. The van der Waals surface area contributed by atoms with Crippen LogP contribution >= 0.6 is 12.2 Å². The second-order valence-electron chi connectivity index (χ2n) is 6.44. The highest BCUT2D eigenvalue weighted by Gasteiger charge is 2.15. The monoisotopic (exact) mass is 385 g/mol. The molecule has 1 aliphatic heterocycles. The van der Waals surface area contributed by atoms with Gasteiger partial charge in [-0.2, -0.15) is 0 Å². The van der Waals surface area contributed by atoms with Crippen LogP contribution in [0.2, 0.25) is 0 Å². The fraction of sp³-hybridized carbons (Fsp3) is 0.333. The maximum absolute atomic E-state index is 13.6. The standard InChI is InChI=1S/C21H24FN3OS/c1-3-14-8-10-16-17(23-13-14)6-5-7-18(16)24-21(27)25-19-12-15(22)9-11-20(19)26-4-2/h5-7,9,11-14H,3-4,8,10H2,1-2H3,(H2,24,25,27). The van der Waals surface area contributed by atoms with Crippen molar-refractivity contribution in [3.63, 3.8) is 0 Å². The van der Waals surface area contributed by atoms with Crippen LogP contribution < -0.4 is 15.4 Å². The summed E-state index contributed by atoms with van der Waals surface area (Å²) in [6.07, 6.45) is 5.13. The number of nitrogens with one attached hydrogen (secondary N) is 2. The molecule has 2 N–H and O–H groups in total. The molecule has 0 spiro atoms. The Bertz CT molecular complexity index is 853. The number of rotatable bonds is 5. The molecule has 1 unspecified atom stereocenters. The smallest absolute Gasteiger partial charge is 0.175 e. The highest BCUT2D eigenvalue weighted by atomic mass is 32.1. The van der Waals surface area contributed by atoms with Gasteiger partial charge in [-0.3, -0.25) is 4.99 Å². The van der Waals surface area contributed by atoms with Gasteiger partial charge in [0.15, 0.2) is 5.11 Å². The first-order valence-corrected chi connectivity index (χ1v) is 9.68. The molecule has 1 atom stereocenters. The molecule has 0 saturated heterocycles. The summed E-state index contributed by atoms with van der Waals surface area (Å²) in [4.78, 5) is 4.64. The predicted octanol–water partition coefficient (Wildman–Crippen LogP) is 5.71. The van der Waals surface area contributed by atoms with E-state index >= 15 is 0 Å². The number of nitrogens with zero attached hydrogens (tertiary/aromatic N) is 1. The third kappa shape index (κ3) is 4.83. The van der Waals surface area contributed by atoms with Crippen LogP contribution in [0, 0.1) is 11.7 Å². The van der Waals surface area contributed by atoms with E-state index in [0.717, 1.165) is 36.2 Å². The van der Waals surface area contributed by atoms with E-state index in [1.165, 1.54) is 12.1 Å². The van der Waals surface area contributed by atoms with Crippen LogP contribution in [0.1, 0.15) is 32.3 Å². The average molecular weight is 386 g/mol. The molecule has 3 rings (SSSR count). The molecule has 4 nitrogen and oxygen atoms in total. The molecule has 0 saturated carbocycles. The lowest BCUT2D eigenvalue weighted by Gasteiger charge is -2.17. The third-order valence-electron chi connectivity index (χ3n) is 4.60. The fourth-order valence-corrected chi connectivity index (χ4v) is 3.35. The molecule has 0 aromatic heterocycles. The summed E-state index contributed by atoms with van der Waals surface area (Å²) < 4.78 is 19.2. The van der Waals surface area contributed by atoms with Crippen molar-refractivity contribution in [2.45, 2.75) is 33.1 Å². The van der Waals surface area contributed by atoms with Gasteiger partial charge in [-0.25, -0.2) is 4.39 Å². The lowest BCUT2D eigenvalue weighted by atomic mass is 9.98. The molecule has 142 valence electrons. The zero-order chi connectivity index (χ0) is 19.2. The number of aliphatic imine (C=N–C) groups is 1. The highest BCUT2D eigenvalue weighted by molar-refractivity contribution is 7.80. The number of hydrogen-bond donors (Lipinski definition) is 2. The van der Waals surface area contributed by atoms with E-state index in [0.29, 0.717) is 29.1 Å². The van der Waals surface area contributed by atoms with Gasteiger partial charge in [0.25, 0.3) is 0 Å². The normalized spacial score (nSPS) is 15.6.